The lowest BCUT2D eigenvalue weighted by Crippen LogP contribution is -2.61. The van der Waals surface area contributed by atoms with Crippen LogP contribution in [-0.4, -0.2) is 24.9 Å². The number of alkyl halides is 3. The van der Waals surface area contributed by atoms with Crippen LogP contribution in [0.1, 0.15) is 13.8 Å². The van der Waals surface area contributed by atoms with Crippen molar-refractivity contribution in [3.8, 4) is 0 Å². The van der Waals surface area contributed by atoms with Crippen molar-refractivity contribution >= 4 is 27.5 Å². The smallest absolute Gasteiger partial charge is 0.348 e. The fourth-order valence-electron chi connectivity index (χ4n) is 2.16. The number of carbonyl (C=O) groups excluding carboxylic acids is 1. The maximum Gasteiger partial charge on any atom is 0.431 e. The highest BCUT2D eigenvalue weighted by atomic mass is 79.9. The molecule has 1 aliphatic heterocycles. The molecule has 4 nitrogen and oxygen atoms in total. The minimum atomic E-state index is -4.70. The molecule has 24 heavy (non-hydrogen) atoms. The largest absolute Gasteiger partial charge is 0.431 e. The van der Waals surface area contributed by atoms with Gasteiger partial charge in [-0.1, -0.05) is 29.8 Å². The number of carbonyl (C=O) groups is 1. The molecule has 0 radical (unpaired) electrons. The summed E-state index contributed by atoms with van der Waals surface area (Å²) in [6.45, 7) is 4.07. The highest BCUT2D eigenvalue weighted by Gasteiger charge is 2.41. The van der Waals surface area contributed by atoms with Gasteiger partial charge in [0.2, 0.25) is 0 Å². The fourth-order valence-corrected chi connectivity index (χ4v) is 2.49. The summed E-state index contributed by atoms with van der Waals surface area (Å²) in [6.07, 6.45) is -5.48. The third kappa shape index (κ3) is 4.27. The number of hydrogen-bond donors (Lipinski definition) is 2. The molecule has 1 amide bonds. The van der Waals surface area contributed by atoms with E-state index in [-0.39, 0.29) is 11.6 Å². The zero-order valence-electron chi connectivity index (χ0n) is 12.9. The Kier molecular flexibility index (Phi) is 5.54. The van der Waals surface area contributed by atoms with Crippen LogP contribution in [0.15, 0.2) is 34.4 Å². The summed E-state index contributed by atoms with van der Waals surface area (Å²) in [6, 6.07) is 3.98. The van der Waals surface area contributed by atoms with Crippen molar-refractivity contribution in [1.82, 2.24) is 10.6 Å². The first-order valence-electron chi connectivity index (χ1n) is 7.16. The van der Waals surface area contributed by atoms with E-state index in [2.05, 4.69) is 26.6 Å². The highest BCUT2D eigenvalue weighted by molar-refractivity contribution is 9.10. The van der Waals surface area contributed by atoms with E-state index in [9.17, 15) is 22.4 Å². The van der Waals surface area contributed by atoms with Gasteiger partial charge in [0.15, 0.2) is 6.29 Å². The van der Waals surface area contributed by atoms with Crippen LogP contribution in [0.3, 0.4) is 0 Å². The normalized spacial score (nSPS) is 18.7. The molecular weight excluding hydrogens is 394 g/mol. The van der Waals surface area contributed by atoms with Gasteiger partial charge in [-0.05, 0) is 24.1 Å². The number of allylic oxidation sites excluding steroid dienone is 1. The summed E-state index contributed by atoms with van der Waals surface area (Å²) >= 11 is 3.10. The Labute approximate surface area is 145 Å². The molecule has 0 spiro atoms. The average Bonchev–Trinajstić information content (AvgIpc) is 2.44. The number of hydrogen-bond acceptors (Lipinski definition) is 3. The first-order valence-corrected chi connectivity index (χ1v) is 7.96. The van der Waals surface area contributed by atoms with E-state index in [1.807, 2.05) is 13.8 Å². The predicted octanol–water partition coefficient (Wildman–Crippen LogP) is 3.50. The Morgan fingerprint density at radius 2 is 2.04 bits per heavy atom. The third-order valence-electron chi connectivity index (χ3n) is 3.25. The molecule has 1 heterocycles. The number of nitrogens with one attached hydrogen (secondary N) is 2. The van der Waals surface area contributed by atoms with Crippen LogP contribution in [0.4, 0.5) is 23.2 Å². The van der Waals surface area contributed by atoms with Crippen molar-refractivity contribution in [2.24, 2.45) is 5.92 Å². The maximum atomic E-state index is 14.2. The van der Waals surface area contributed by atoms with Gasteiger partial charge < -0.3 is 5.32 Å². The minimum absolute atomic E-state index is 0.116. The number of nitrogens with zero attached hydrogens (tertiary/aromatic N) is 1. The molecule has 0 bridgehead atoms. The Hall–Kier alpha value is -1.61. The molecule has 0 saturated heterocycles. The average molecular weight is 410 g/mol. The van der Waals surface area contributed by atoms with Crippen LogP contribution < -0.4 is 15.5 Å². The number of rotatable bonds is 4. The van der Waals surface area contributed by atoms with E-state index in [0.29, 0.717) is 17.1 Å². The topological polar surface area (TPSA) is 44.4 Å². The molecule has 1 aromatic carbocycles. The van der Waals surface area contributed by atoms with Crippen molar-refractivity contribution in [2.75, 3.05) is 11.4 Å². The summed E-state index contributed by atoms with van der Waals surface area (Å²) in [4.78, 5) is 13.2. The van der Waals surface area contributed by atoms with Gasteiger partial charge >= 0.3 is 6.18 Å². The molecule has 9 heteroatoms. The number of benzene rings is 1. The highest BCUT2D eigenvalue weighted by Crippen LogP contribution is 2.30. The van der Waals surface area contributed by atoms with Crippen LogP contribution in [0, 0.1) is 11.7 Å². The molecule has 0 saturated carbocycles. The Morgan fingerprint density at radius 1 is 1.38 bits per heavy atom. The fraction of sp³-hybridized carbons (Fsp3) is 0.400. The molecule has 1 aliphatic rings. The molecule has 0 fully saturated rings. The molecule has 0 aromatic heterocycles. The van der Waals surface area contributed by atoms with Crippen molar-refractivity contribution in [3.63, 3.8) is 0 Å². The van der Waals surface area contributed by atoms with Crippen molar-refractivity contribution in [3.05, 3.63) is 40.3 Å². The summed E-state index contributed by atoms with van der Waals surface area (Å²) in [7, 11) is 0. The third-order valence-corrected chi connectivity index (χ3v) is 3.74. The van der Waals surface area contributed by atoms with Gasteiger partial charge in [0.1, 0.15) is 11.5 Å². The van der Waals surface area contributed by atoms with Gasteiger partial charge in [0.25, 0.3) is 5.91 Å². The molecular formula is C15H16BrF4N3O. The molecule has 1 aromatic rings. The number of anilines is 1. The first kappa shape index (κ1) is 18.7. The lowest BCUT2D eigenvalue weighted by Gasteiger charge is -2.37. The lowest BCUT2D eigenvalue weighted by atomic mass is 10.2. The van der Waals surface area contributed by atoms with E-state index in [1.54, 1.807) is 0 Å². The Balaban J connectivity index is 2.41. The number of amides is 1. The molecule has 1 atom stereocenters. The Morgan fingerprint density at radius 3 is 2.58 bits per heavy atom. The summed E-state index contributed by atoms with van der Waals surface area (Å²) in [5, 5.41) is 5.04. The van der Waals surface area contributed by atoms with Gasteiger partial charge in [0.05, 0.1) is 5.69 Å². The van der Waals surface area contributed by atoms with Crippen molar-refractivity contribution < 1.29 is 22.4 Å². The van der Waals surface area contributed by atoms with E-state index < -0.39 is 29.9 Å². The SMILES string of the molecule is CC(C)CNC1NC(C(F)(F)F)=CC(=O)N1c1ccc(Br)cc1F. The summed E-state index contributed by atoms with van der Waals surface area (Å²) < 4.78 is 53.5. The molecule has 1 unspecified atom stereocenters. The van der Waals surface area contributed by atoms with Crippen LogP contribution >= 0.6 is 15.9 Å². The minimum Gasteiger partial charge on any atom is -0.348 e. The zero-order chi connectivity index (χ0) is 18.1. The van der Waals surface area contributed by atoms with Gasteiger partial charge in [0, 0.05) is 17.1 Å². The van der Waals surface area contributed by atoms with E-state index >= 15 is 0 Å². The monoisotopic (exact) mass is 409 g/mol. The summed E-state index contributed by atoms with van der Waals surface area (Å²) in [5.74, 6) is -1.55. The molecule has 132 valence electrons. The van der Waals surface area contributed by atoms with Crippen LogP contribution in [0.5, 0.6) is 0 Å². The van der Waals surface area contributed by atoms with Gasteiger partial charge in [-0.3, -0.25) is 15.0 Å². The van der Waals surface area contributed by atoms with Gasteiger partial charge in [-0.2, -0.15) is 13.2 Å². The summed E-state index contributed by atoms with van der Waals surface area (Å²) in [5.41, 5.74) is -1.28. The second-order valence-electron chi connectivity index (χ2n) is 5.71. The second kappa shape index (κ2) is 7.10. The standard InChI is InChI=1S/C15H16BrF4N3O/c1-8(2)7-21-14-22-12(15(18,19)20)6-13(24)23(14)11-4-3-9(16)5-10(11)17/h3-6,8,14,21-22H,7H2,1-2H3. The van der Waals surface area contributed by atoms with E-state index in [4.69, 9.17) is 0 Å². The van der Waals surface area contributed by atoms with E-state index in [1.165, 1.54) is 12.1 Å². The maximum absolute atomic E-state index is 14.2. The van der Waals surface area contributed by atoms with Crippen molar-refractivity contribution in [2.45, 2.75) is 26.3 Å². The first-order chi connectivity index (χ1) is 11.1. The van der Waals surface area contributed by atoms with Crippen LogP contribution in [-0.2, 0) is 4.79 Å². The quantitative estimate of drug-likeness (QED) is 0.748. The van der Waals surface area contributed by atoms with Crippen molar-refractivity contribution in [1.29, 1.82) is 0 Å². The van der Waals surface area contributed by atoms with E-state index in [0.717, 1.165) is 11.0 Å². The van der Waals surface area contributed by atoms with Gasteiger partial charge in [-0.15, -0.1) is 0 Å². The molecule has 2 rings (SSSR count). The molecule has 2 N–H and O–H groups in total. The van der Waals surface area contributed by atoms with Crippen LogP contribution in [0.2, 0.25) is 0 Å². The molecule has 0 aliphatic carbocycles. The lowest BCUT2D eigenvalue weighted by molar-refractivity contribution is -0.120. The predicted molar refractivity (Wildman–Crippen MR) is 85.5 cm³/mol. The van der Waals surface area contributed by atoms with Gasteiger partial charge in [-0.25, -0.2) is 4.39 Å². The second-order valence-corrected chi connectivity index (χ2v) is 6.62. The van der Waals surface area contributed by atoms with Crippen LogP contribution in [0.25, 0.3) is 0 Å². The Bertz CT molecular complexity index is 661. The zero-order valence-corrected chi connectivity index (χ0v) is 14.5. The number of halogens is 5.